The van der Waals surface area contributed by atoms with Crippen LogP contribution in [0.2, 0.25) is 0 Å². The first kappa shape index (κ1) is 16.4. The van der Waals surface area contributed by atoms with Gasteiger partial charge in [-0.1, -0.05) is 26.7 Å². The minimum Gasteiger partial charge on any atom is -0.372 e. The molecule has 2 unspecified atom stereocenters. The molecule has 1 aliphatic carbocycles. The lowest BCUT2D eigenvalue weighted by atomic mass is 9.91. The fourth-order valence-corrected chi connectivity index (χ4v) is 3.87. The van der Waals surface area contributed by atoms with Gasteiger partial charge in [-0.3, -0.25) is 9.05 Å². The quantitative estimate of drug-likeness (QED) is 0.762. The second kappa shape index (κ2) is 6.89. The highest BCUT2D eigenvalue weighted by Gasteiger charge is 2.38. The van der Waals surface area contributed by atoms with Crippen LogP contribution in [-0.4, -0.2) is 30.3 Å². The predicted molar refractivity (Wildman–Crippen MR) is 76.4 cm³/mol. The fraction of sp³-hybridized carbons (Fsp3) is 1.00. The smallest absolute Gasteiger partial charge is 0.372 e. The van der Waals surface area contributed by atoms with Crippen LogP contribution in [0.1, 0.15) is 46.5 Å². The monoisotopic (exact) mass is 306 g/mol. The normalized spacial score (nSPS) is 38.2. The Morgan fingerprint density at radius 2 is 1.70 bits per heavy atom. The zero-order valence-electron chi connectivity index (χ0n) is 12.7. The molecule has 1 aliphatic heterocycles. The number of rotatable bonds is 6. The van der Waals surface area contributed by atoms with Crippen LogP contribution in [0.3, 0.4) is 0 Å². The molecule has 0 bridgehead atoms. The lowest BCUT2D eigenvalue weighted by molar-refractivity contribution is 0.00196. The van der Waals surface area contributed by atoms with Crippen LogP contribution in [0.5, 0.6) is 0 Å². The van der Waals surface area contributed by atoms with E-state index in [1.165, 1.54) is 12.8 Å². The minimum atomic E-state index is -3.94. The Balaban J connectivity index is 1.73. The van der Waals surface area contributed by atoms with E-state index in [0.29, 0.717) is 24.4 Å². The van der Waals surface area contributed by atoms with E-state index >= 15 is 0 Å². The van der Waals surface area contributed by atoms with Crippen molar-refractivity contribution in [2.24, 2.45) is 17.8 Å². The molecule has 0 aromatic carbocycles. The zero-order valence-corrected chi connectivity index (χ0v) is 13.6. The SMILES string of the molecule is CC1[C@@H](COP(=O)(O)OCC2CCCC2)O[C@@H](C)[C@H]1C. The topological polar surface area (TPSA) is 65.0 Å². The minimum absolute atomic E-state index is 0.119. The molecule has 5 nitrogen and oxygen atoms in total. The van der Waals surface area contributed by atoms with E-state index in [1.54, 1.807) is 0 Å². The molecule has 118 valence electrons. The Morgan fingerprint density at radius 3 is 2.25 bits per heavy atom. The second-order valence-electron chi connectivity index (χ2n) is 6.31. The zero-order chi connectivity index (χ0) is 14.8. The van der Waals surface area contributed by atoms with Gasteiger partial charge in [0.05, 0.1) is 25.4 Å². The lowest BCUT2D eigenvalue weighted by Crippen LogP contribution is -2.22. The van der Waals surface area contributed by atoms with Crippen LogP contribution in [0.4, 0.5) is 0 Å². The summed E-state index contributed by atoms with van der Waals surface area (Å²) in [6.45, 7) is 6.68. The molecule has 1 saturated carbocycles. The van der Waals surface area contributed by atoms with E-state index in [-0.39, 0.29) is 18.8 Å². The van der Waals surface area contributed by atoms with Gasteiger partial charge in [-0.2, -0.15) is 0 Å². The average molecular weight is 306 g/mol. The summed E-state index contributed by atoms with van der Waals surface area (Å²) in [4.78, 5) is 9.71. The summed E-state index contributed by atoms with van der Waals surface area (Å²) in [5, 5.41) is 0. The Bertz CT molecular complexity index is 355. The molecule has 0 aromatic rings. The van der Waals surface area contributed by atoms with Gasteiger partial charge in [-0.05, 0) is 37.5 Å². The predicted octanol–water partition coefficient (Wildman–Crippen LogP) is 3.37. The van der Waals surface area contributed by atoms with E-state index in [9.17, 15) is 9.46 Å². The Morgan fingerprint density at radius 1 is 1.10 bits per heavy atom. The van der Waals surface area contributed by atoms with Crippen molar-refractivity contribution in [1.82, 2.24) is 0 Å². The molecule has 2 fully saturated rings. The van der Waals surface area contributed by atoms with Crippen LogP contribution in [0, 0.1) is 17.8 Å². The summed E-state index contributed by atoms with van der Waals surface area (Å²) in [6.07, 6.45) is 4.57. The molecule has 2 aliphatic rings. The molecule has 0 aromatic heterocycles. The van der Waals surface area contributed by atoms with Crippen molar-refractivity contribution in [1.29, 1.82) is 0 Å². The van der Waals surface area contributed by atoms with Crippen molar-refractivity contribution in [2.45, 2.75) is 58.7 Å². The molecule has 1 heterocycles. The first-order chi connectivity index (χ1) is 9.39. The third-order valence-corrected chi connectivity index (χ3v) is 5.85. The maximum atomic E-state index is 11.9. The molecule has 1 N–H and O–H groups in total. The largest absolute Gasteiger partial charge is 0.472 e. The molecular weight excluding hydrogens is 279 g/mol. The molecule has 2 rings (SSSR count). The number of phosphoric acid groups is 1. The van der Waals surface area contributed by atoms with Crippen molar-refractivity contribution < 1.29 is 23.2 Å². The van der Waals surface area contributed by atoms with Crippen molar-refractivity contribution in [3.8, 4) is 0 Å². The maximum absolute atomic E-state index is 11.9. The standard InChI is InChI=1S/C14H27O5P/c1-10-11(2)14(19-12(10)3)9-18-20(15,16)17-8-13-6-4-5-7-13/h10-14H,4-9H2,1-3H3,(H,15,16)/t10-,11?,12-,14+/m0/s1. The van der Waals surface area contributed by atoms with Gasteiger partial charge in [-0.25, -0.2) is 4.57 Å². The highest BCUT2D eigenvalue weighted by Crippen LogP contribution is 2.46. The van der Waals surface area contributed by atoms with Crippen LogP contribution in [0.25, 0.3) is 0 Å². The Labute approximate surface area is 121 Å². The van der Waals surface area contributed by atoms with Crippen molar-refractivity contribution >= 4 is 7.82 Å². The summed E-state index contributed by atoms with van der Waals surface area (Å²) in [5.74, 6) is 1.15. The molecule has 20 heavy (non-hydrogen) atoms. The molecule has 6 heteroatoms. The summed E-state index contributed by atoms with van der Waals surface area (Å²) in [6, 6.07) is 0. The van der Waals surface area contributed by atoms with Crippen LogP contribution in [0.15, 0.2) is 0 Å². The Kier molecular flexibility index (Phi) is 5.66. The molecule has 0 spiro atoms. The average Bonchev–Trinajstić information content (AvgIpc) is 2.99. The van der Waals surface area contributed by atoms with Crippen LogP contribution >= 0.6 is 7.82 Å². The van der Waals surface area contributed by atoms with Gasteiger partial charge >= 0.3 is 7.82 Å². The number of phosphoric ester groups is 1. The molecule has 5 atom stereocenters. The first-order valence-corrected chi connectivity index (χ1v) is 9.16. The lowest BCUT2D eigenvalue weighted by Gasteiger charge is -2.19. The highest BCUT2D eigenvalue weighted by atomic mass is 31.2. The van der Waals surface area contributed by atoms with E-state index in [2.05, 4.69) is 13.8 Å². The summed E-state index contributed by atoms with van der Waals surface area (Å²) < 4.78 is 27.8. The van der Waals surface area contributed by atoms with Crippen molar-refractivity contribution in [3.63, 3.8) is 0 Å². The van der Waals surface area contributed by atoms with Gasteiger partial charge in [-0.15, -0.1) is 0 Å². The van der Waals surface area contributed by atoms with Gasteiger partial charge in [0.1, 0.15) is 0 Å². The van der Waals surface area contributed by atoms with E-state index < -0.39 is 7.82 Å². The van der Waals surface area contributed by atoms with Crippen LogP contribution < -0.4 is 0 Å². The van der Waals surface area contributed by atoms with Crippen molar-refractivity contribution in [3.05, 3.63) is 0 Å². The van der Waals surface area contributed by atoms with E-state index in [0.717, 1.165) is 12.8 Å². The molecular formula is C14H27O5P. The highest BCUT2D eigenvalue weighted by molar-refractivity contribution is 7.47. The summed E-state index contributed by atoms with van der Waals surface area (Å²) in [7, 11) is -3.94. The number of hydrogen-bond acceptors (Lipinski definition) is 4. The second-order valence-corrected chi connectivity index (χ2v) is 7.76. The maximum Gasteiger partial charge on any atom is 0.472 e. The third kappa shape index (κ3) is 4.28. The first-order valence-electron chi connectivity index (χ1n) is 7.66. The van der Waals surface area contributed by atoms with Crippen molar-refractivity contribution in [2.75, 3.05) is 13.2 Å². The third-order valence-electron chi connectivity index (χ3n) is 4.90. The molecule has 1 saturated heterocycles. The molecule has 0 amide bonds. The van der Waals surface area contributed by atoms with E-state index in [1.807, 2.05) is 6.92 Å². The number of hydrogen-bond donors (Lipinski definition) is 1. The summed E-state index contributed by atoms with van der Waals surface area (Å²) >= 11 is 0. The van der Waals surface area contributed by atoms with Gasteiger partial charge in [0.25, 0.3) is 0 Å². The summed E-state index contributed by atoms with van der Waals surface area (Å²) in [5.41, 5.74) is 0. The van der Waals surface area contributed by atoms with Gasteiger partial charge in [0.2, 0.25) is 0 Å². The van der Waals surface area contributed by atoms with Crippen LogP contribution in [-0.2, 0) is 18.3 Å². The fourth-order valence-electron chi connectivity index (χ4n) is 3.06. The van der Waals surface area contributed by atoms with Gasteiger partial charge in [0.15, 0.2) is 0 Å². The Hall–Kier alpha value is 0.0700. The van der Waals surface area contributed by atoms with Gasteiger partial charge < -0.3 is 9.63 Å². The number of ether oxygens (including phenoxy) is 1. The van der Waals surface area contributed by atoms with Gasteiger partial charge in [0, 0.05) is 0 Å². The molecule has 0 radical (unpaired) electrons. The van der Waals surface area contributed by atoms with E-state index in [4.69, 9.17) is 13.8 Å².